The van der Waals surface area contributed by atoms with E-state index in [0.717, 1.165) is 0 Å². The van der Waals surface area contributed by atoms with E-state index in [1.165, 1.54) is 13.2 Å². The van der Waals surface area contributed by atoms with Crippen LogP contribution in [0.3, 0.4) is 0 Å². The molecule has 0 bridgehead atoms. The highest BCUT2D eigenvalue weighted by atomic mass is 19.4. The van der Waals surface area contributed by atoms with Crippen molar-refractivity contribution < 1.29 is 46.6 Å². The van der Waals surface area contributed by atoms with Gasteiger partial charge in [-0.3, -0.25) is 14.4 Å². The second-order valence-electron chi connectivity index (χ2n) is 11.7. The van der Waals surface area contributed by atoms with E-state index in [9.17, 15) is 32.3 Å². The number of alkyl halides is 3. The van der Waals surface area contributed by atoms with E-state index in [0.29, 0.717) is 31.3 Å². The number of fused-ring (bicyclic) bond motifs is 6. The van der Waals surface area contributed by atoms with Gasteiger partial charge in [-0.15, -0.1) is 0 Å². The first-order valence-electron chi connectivity index (χ1n) is 12.6. The van der Waals surface area contributed by atoms with Crippen LogP contribution in [0.15, 0.2) is 11.6 Å². The number of hydrogen-bond donors (Lipinski definition) is 0. The normalized spacial score (nSPS) is 43.7. The lowest BCUT2D eigenvalue weighted by atomic mass is 9.43. The molecule has 1 heterocycles. The zero-order chi connectivity index (χ0) is 26.3. The smallest absolute Gasteiger partial charge is 0.469 e. The van der Waals surface area contributed by atoms with Crippen LogP contribution in [0.4, 0.5) is 13.2 Å². The van der Waals surface area contributed by atoms with Gasteiger partial charge in [-0.2, -0.15) is 13.2 Å². The zero-order valence-corrected chi connectivity index (χ0v) is 20.6. The summed E-state index contributed by atoms with van der Waals surface area (Å²) >= 11 is 0. The van der Waals surface area contributed by atoms with Crippen molar-refractivity contribution in [3.05, 3.63) is 11.6 Å². The molecule has 10 heteroatoms. The Morgan fingerprint density at radius 2 is 1.83 bits per heavy atom. The maximum Gasteiger partial charge on any atom is 0.490 e. The predicted molar refractivity (Wildman–Crippen MR) is 117 cm³/mol. The molecule has 3 saturated carbocycles. The standard InChI is InChI=1S/C26H31F3O7/c1-23-7-4-14(30)10-13(23)11-15(21(32)34-3)19-16-5-8-25(9-6-18(31)36-25)24(16,2)12-17(20(19)23)35-22(33)26(27,28)29/h10,15-17,19-20H,4-9,11-12H2,1-3H3/t15-,16?,17-,19?,20?,23+,24+,25-/m1/s1. The van der Waals surface area contributed by atoms with Gasteiger partial charge in [0.05, 0.1) is 13.0 Å². The van der Waals surface area contributed by atoms with Gasteiger partial charge in [0.15, 0.2) is 5.78 Å². The Kier molecular flexibility index (Phi) is 5.65. The Morgan fingerprint density at radius 1 is 1.11 bits per heavy atom. The maximum atomic E-state index is 13.4. The van der Waals surface area contributed by atoms with Crippen LogP contribution in [-0.4, -0.2) is 48.7 Å². The quantitative estimate of drug-likeness (QED) is 0.406. The van der Waals surface area contributed by atoms with Crippen molar-refractivity contribution in [1.82, 2.24) is 0 Å². The molecule has 1 aliphatic heterocycles. The van der Waals surface area contributed by atoms with Crippen LogP contribution in [0.5, 0.6) is 0 Å². The SMILES string of the molecule is COC(=O)[C@@H]1CC2=CC(=O)CC[C@]2(C)C2C1C1CC[C@@]3(CCC(=O)O3)[C@@]1(C)C[C@H]2OC(=O)C(F)(F)F. The molecule has 3 unspecified atom stereocenters. The average Bonchev–Trinajstić information content (AvgIpc) is 3.32. The Balaban J connectivity index is 1.66. The molecule has 4 aliphatic carbocycles. The van der Waals surface area contributed by atoms with E-state index in [1.807, 2.05) is 13.8 Å². The number of carbonyl (C=O) groups excluding carboxylic acids is 4. The molecular formula is C26H31F3O7. The van der Waals surface area contributed by atoms with Crippen LogP contribution in [0.2, 0.25) is 0 Å². The monoisotopic (exact) mass is 512 g/mol. The molecule has 36 heavy (non-hydrogen) atoms. The van der Waals surface area contributed by atoms with Crippen molar-refractivity contribution in [1.29, 1.82) is 0 Å². The Labute approximate surface area is 207 Å². The minimum absolute atomic E-state index is 0.0820. The van der Waals surface area contributed by atoms with Crippen LogP contribution in [0, 0.1) is 34.5 Å². The number of carbonyl (C=O) groups is 4. The van der Waals surface area contributed by atoms with Crippen LogP contribution < -0.4 is 0 Å². The molecule has 0 amide bonds. The summed E-state index contributed by atoms with van der Waals surface area (Å²) < 4.78 is 56.5. The number of hydrogen-bond acceptors (Lipinski definition) is 7. The van der Waals surface area contributed by atoms with Crippen LogP contribution in [-0.2, 0) is 33.4 Å². The highest BCUT2D eigenvalue weighted by Crippen LogP contribution is 2.71. The van der Waals surface area contributed by atoms with E-state index in [2.05, 4.69) is 0 Å². The van der Waals surface area contributed by atoms with Crippen LogP contribution >= 0.6 is 0 Å². The van der Waals surface area contributed by atoms with Gasteiger partial charge < -0.3 is 14.2 Å². The number of rotatable bonds is 2. The molecule has 8 atom stereocenters. The van der Waals surface area contributed by atoms with Gasteiger partial charge in [-0.05, 0) is 61.9 Å². The molecule has 5 rings (SSSR count). The number of allylic oxidation sites excluding steroid dienone is 1. The zero-order valence-electron chi connectivity index (χ0n) is 20.6. The van der Waals surface area contributed by atoms with Crippen molar-refractivity contribution in [2.75, 3.05) is 7.11 Å². The van der Waals surface area contributed by atoms with Crippen molar-refractivity contribution in [3.8, 4) is 0 Å². The molecule has 0 aromatic rings. The first-order valence-corrected chi connectivity index (χ1v) is 12.6. The van der Waals surface area contributed by atoms with Gasteiger partial charge in [0, 0.05) is 24.2 Å². The molecule has 5 aliphatic rings. The van der Waals surface area contributed by atoms with E-state index in [-0.39, 0.29) is 43.4 Å². The lowest BCUT2D eigenvalue weighted by molar-refractivity contribution is -0.232. The van der Waals surface area contributed by atoms with Crippen molar-refractivity contribution >= 4 is 23.7 Å². The summed E-state index contributed by atoms with van der Waals surface area (Å²) in [5.41, 5.74) is -1.68. The van der Waals surface area contributed by atoms with Gasteiger partial charge in [0.1, 0.15) is 11.7 Å². The summed E-state index contributed by atoms with van der Waals surface area (Å²) in [5, 5.41) is 0. The van der Waals surface area contributed by atoms with E-state index >= 15 is 0 Å². The number of ketones is 1. The third kappa shape index (κ3) is 3.45. The molecular weight excluding hydrogens is 481 g/mol. The van der Waals surface area contributed by atoms with Gasteiger partial charge in [0.25, 0.3) is 0 Å². The van der Waals surface area contributed by atoms with Gasteiger partial charge in [-0.1, -0.05) is 19.4 Å². The van der Waals surface area contributed by atoms with Crippen molar-refractivity contribution in [3.63, 3.8) is 0 Å². The lowest BCUT2D eigenvalue weighted by Crippen LogP contribution is -2.63. The fourth-order valence-corrected chi connectivity index (χ4v) is 8.63. The second-order valence-corrected chi connectivity index (χ2v) is 11.7. The fourth-order valence-electron chi connectivity index (χ4n) is 8.63. The molecule has 4 fully saturated rings. The van der Waals surface area contributed by atoms with E-state index < -0.39 is 58.4 Å². The summed E-state index contributed by atoms with van der Waals surface area (Å²) in [6.45, 7) is 3.81. The van der Waals surface area contributed by atoms with Crippen molar-refractivity contribution in [2.45, 2.75) is 83.1 Å². The fraction of sp³-hybridized carbons (Fsp3) is 0.769. The Hall–Kier alpha value is -2.39. The third-order valence-electron chi connectivity index (χ3n) is 10.3. The second kappa shape index (κ2) is 8.05. The number of ether oxygens (including phenoxy) is 3. The van der Waals surface area contributed by atoms with Gasteiger partial charge in [-0.25, -0.2) is 4.79 Å². The minimum atomic E-state index is -5.18. The highest BCUT2D eigenvalue weighted by molar-refractivity contribution is 5.92. The summed E-state index contributed by atoms with van der Waals surface area (Å²) in [6.07, 6.45) is -2.04. The Bertz CT molecular complexity index is 1050. The Morgan fingerprint density at radius 3 is 2.44 bits per heavy atom. The molecule has 1 spiro atoms. The summed E-state index contributed by atoms with van der Waals surface area (Å²) in [4.78, 5) is 49.8. The molecule has 7 nitrogen and oxygen atoms in total. The highest BCUT2D eigenvalue weighted by Gasteiger charge is 2.72. The minimum Gasteiger partial charge on any atom is -0.469 e. The molecule has 0 N–H and O–H groups in total. The number of methoxy groups -OCH3 is 1. The molecule has 0 aromatic heterocycles. The first kappa shape index (κ1) is 25.3. The molecule has 198 valence electrons. The topological polar surface area (TPSA) is 96.0 Å². The number of halogens is 3. The predicted octanol–water partition coefficient (Wildman–Crippen LogP) is 4.08. The maximum absolute atomic E-state index is 13.4. The third-order valence-corrected chi connectivity index (χ3v) is 10.3. The largest absolute Gasteiger partial charge is 0.490 e. The lowest BCUT2D eigenvalue weighted by Gasteiger charge is -2.62. The molecule has 0 aromatic carbocycles. The van der Waals surface area contributed by atoms with Crippen molar-refractivity contribution in [2.24, 2.45) is 34.5 Å². The summed E-state index contributed by atoms with van der Waals surface area (Å²) in [7, 11) is 1.27. The van der Waals surface area contributed by atoms with E-state index in [1.54, 1.807) is 0 Å². The van der Waals surface area contributed by atoms with Crippen LogP contribution in [0.1, 0.15) is 65.2 Å². The van der Waals surface area contributed by atoms with Gasteiger partial charge in [0.2, 0.25) is 0 Å². The molecule has 1 saturated heterocycles. The van der Waals surface area contributed by atoms with E-state index in [4.69, 9.17) is 14.2 Å². The first-order chi connectivity index (χ1) is 16.8. The summed E-state index contributed by atoms with van der Waals surface area (Å²) in [6, 6.07) is 0. The average molecular weight is 513 g/mol. The number of esters is 3. The van der Waals surface area contributed by atoms with Gasteiger partial charge >= 0.3 is 24.1 Å². The van der Waals surface area contributed by atoms with Crippen LogP contribution in [0.25, 0.3) is 0 Å². The summed E-state index contributed by atoms with van der Waals surface area (Å²) in [5.74, 6) is -5.16. The molecule has 0 radical (unpaired) electrons.